The van der Waals surface area contributed by atoms with Gasteiger partial charge in [0.2, 0.25) is 0 Å². The van der Waals surface area contributed by atoms with Gasteiger partial charge >= 0.3 is 0 Å². The molecule has 0 fully saturated rings. The molecule has 2 rings (SSSR count). The normalized spacial score (nSPS) is 10.4. The minimum absolute atomic E-state index is 0.638. The van der Waals surface area contributed by atoms with Crippen molar-refractivity contribution in [3.05, 3.63) is 53.1 Å². The van der Waals surface area contributed by atoms with Crippen molar-refractivity contribution in [2.75, 3.05) is 18.1 Å². The molecule has 0 heterocycles. The van der Waals surface area contributed by atoms with E-state index in [1.54, 1.807) is 11.8 Å². The fraction of sp³-hybridized carbons (Fsp3) is 0.200. The lowest BCUT2D eigenvalue weighted by atomic mass is 10.2. The van der Waals surface area contributed by atoms with Crippen LogP contribution in [0.15, 0.2) is 47.4 Å². The maximum absolute atomic E-state index is 5.89. The van der Waals surface area contributed by atoms with Crippen LogP contribution < -0.4 is 10.5 Å². The number of aryl methyl sites for hydroxylation is 1. The van der Waals surface area contributed by atoms with Crippen LogP contribution in [0.4, 0.5) is 5.69 Å². The van der Waals surface area contributed by atoms with Gasteiger partial charge in [-0.05, 0) is 42.8 Å². The van der Waals surface area contributed by atoms with Crippen LogP contribution in [0.25, 0.3) is 0 Å². The Bertz CT molecular complexity index is 560. The SMILES string of the molecule is Cc1ccc(N)cc1SCCOc1cccc(Cl)c1. The number of hydrogen-bond donors (Lipinski definition) is 1. The van der Waals surface area contributed by atoms with E-state index in [1.165, 1.54) is 10.5 Å². The summed E-state index contributed by atoms with van der Waals surface area (Å²) in [6.45, 7) is 2.72. The number of thioether (sulfide) groups is 1. The molecule has 0 spiro atoms. The Hall–Kier alpha value is -1.32. The van der Waals surface area contributed by atoms with Crippen LogP contribution in [0, 0.1) is 6.92 Å². The summed E-state index contributed by atoms with van der Waals surface area (Å²) in [5, 5.41) is 0.692. The number of nitrogens with two attached hydrogens (primary N) is 1. The lowest BCUT2D eigenvalue weighted by molar-refractivity contribution is 0.344. The van der Waals surface area contributed by atoms with Crippen molar-refractivity contribution >= 4 is 29.1 Å². The van der Waals surface area contributed by atoms with Gasteiger partial charge in [-0.25, -0.2) is 0 Å². The summed E-state index contributed by atoms with van der Waals surface area (Å²) in [4.78, 5) is 1.20. The molecule has 2 aromatic rings. The quantitative estimate of drug-likeness (QED) is 0.504. The fourth-order valence-corrected chi connectivity index (χ4v) is 2.72. The summed E-state index contributed by atoms with van der Waals surface area (Å²) >= 11 is 7.64. The van der Waals surface area contributed by atoms with Gasteiger partial charge in [0.05, 0.1) is 6.61 Å². The first-order valence-electron chi connectivity index (χ1n) is 6.02. The molecule has 2 N–H and O–H groups in total. The molecule has 0 radical (unpaired) electrons. The van der Waals surface area contributed by atoms with E-state index in [-0.39, 0.29) is 0 Å². The number of ether oxygens (including phenoxy) is 1. The summed E-state index contributed by atoms with van der Waals surface area (Å²) in [6, 6.07) is 13.4. The molecule has 0 saturated heterocycles. The number of hydrogen-bond acceptors (Lipinski definition) is 3. The van der Waals surface area contributed by atoms with Crippen molar-refractivity contribution in [3.63, 3.8) is 0 Å². The highest BCUT2D eigenvalue weighted by molar-refractivity contribution is 7.99. The second-order valence-electron chi connectivity index (χ2n) is 4.18. The molecule has 2 nitrogen and oxygen atoms in total. The topological polar surface area (TPSA) is 35.2 Å². The fourth-order valence-electron chi connectivity index (χ4n) is 1.64. The summed E-state index contributed by atoms with van der Waals surface area (Å²) in [5.41, 5.74) is 7.81. The third-order valence-electron chi connectivity index (χ3n) is 2.62. The van der Waals surface area contributed by atoms with Crippen LogP contribution >= 0.6 is 23.4 Å². The molecule has 100 valence electrons. The number of benzene rings is 2. The van der Waals surface area contributed by atoms with Crippen molar-refractivity contribution in [2.24, 2.45) is 0 Å². The van der Waals surface area contributed by atoms with Crippen molar-refractivity contribution in [1.82, 2.24) is 0 Å². The smallest absolute Gasteiger partial charge is 0.120 e. The standard InChI is InChI=1S/C15H16ClNOS/c1-11-5-6-13(17)10-15(11)19-8-7-18-14-4-2-3-12(16)9-14/h2-6,9-10H,7-8,17H2,1H3. The van der Waals surface area contributed by atoms with E-state index in [9.17, 15) is 0 Å². The van der Waals surface area contributed by atoms with E-state index in [0.717, 1.165) is 17.2 Å². The lowest BCUT2D eigenvalue weighted by Gasteiger charge is -2.08. The Morgan fingerprint density at radius 3 is 2.84 bits per heavy atom. The third-order valence-corrected chi connectivity index (χ3v) is 3.97. The molecule has 4 heteroatoms. The Kier molecular flexibility index (Phi) is 5.00. The number of nitrogen functional groups attached to an aromatic ring is 1. The van der Waals surface area contributed by atoms with Gasteiger partial charge in [-0.3, -0.25) is 0 Å². The molecule has 0 saturated carbocycles. The molecular weight excluding hydrogens is 278 g/mol. The molecule has 0 amide bonds. The molecule has 0 bridgehead atoms. The summed E-state index contributed by atoms with van der Waals surface area (Å²) in [5.74, 6) is 1.67. The van der Waals surface area contributed by atoms with Gasteiger partial charge in [0.25, 0.3) is 0 Å². The largest absolute Gasteiger partial charge is 0.493 e. The summed E-state index contributed by atoms with van der Waals surface area (Å²) < 4.78 is 5.64. The van der Waals surface area contributed by atoms with E-state index in [4.69, 9.17) is 22.1 Å². The zero-order valence-corrected chi connectivity index (χ0v) is 12.3. The molecule has 0 aliphatic heterocycles. The maximum Gasteiger partial charge on any atom is 0.120 e. The van der Waals surface area contributed by atoms with Crippen LogP contribution in [0.1, 0.15) is 5.56 Å². The number of rotatable bonds is 5. The van der Waals surface area contributed by atoms with Crippen LogP contribution in [-0.4, -0.2) is 12.4 Å². The van der Waals surface area contributed by atoms with Crippen LogP contribution in [0.2, 0.25) is 5.02 Å². The molecule has 0 unspecified atom stereocenters. The molecule has 0 aromatic heterocycles. The average Bonchev–Trinajstić information content (AvgIpc) is 2.39. The van der Waals surface area contributed by atoms with E-state index in [2.05, 4.69) is 6.92 Å². The van der Waals surface area contributed by atoms with Crippen LogP contribution in [0.5, 0.6) is 5.75 Å². The van der Waals surface area contributed by atoms with Crippen molar-refractivity contribution in [2.45, 2.75) is 11.8 Å². The van der Waals surface area contributed by atoms with Crippen LogP contribution in [-0.2, 0) is 0 Å². The third kappa shape index (κ3) is 4.37. The van der Waals surface area contributed by atoms with Crippen molar-refractivity contribution < 1.29 is 4.74 Å². The number of anilines is 1. The van der Waals surface area contributed by atoms with Gasteiger partial charge in [-0.2, -0.15) is 0 Å². The molecule has 0 atom stereocenters. The second kappa shape index (κ2) is 6.73. The summed E-state index contributed by atoms with van der Waals surface area (Å²) in [7, 11) is 0. The van der Waals surface area contributed by atoms with E-state index >= 15 is 0 Å². The Morgan fingerprint density at radius 1 is 1.21 bits per heavy atom. The van der Waals surface area contributed by atoms with E-state index in [0.29, 0.717) is 11.6 Å². The zero-order chi connectivity index (χ0) is 13.7. The average molecular weight is 294 g/mol. The molecule has 0 aliphatic rings. The number of halogens is 1. The minimum Gasteiger partial charge on any atom is -0.493 e. The zero-order valence-electron chi connectivity index (χ0n) is 10.7. The monoisotopic (exact) mass is 293 g/mol. The van der Waals surface area contributed by atoms with Gasteiger partial charge < -0.3 is 10.5 Å². The molecule has 0 aliphatic carbocycles. The summed E-state index contributed by atoms with van der Waals surface area (Å²) in [6.07, 6.45) is 0. The highest BCUT2D eigenvalue weighted by atomic mass is 35.5. The van der Waals surface area contributed by atoms with E-state index in [1.807, 2.05) is 42.5 Å². The maximum atomic E-state index is 5.89. The molecule has 19 heavy (non-hydrogen) atoms. The first-order chi connectivity index (χ1) is 9.15. The van der Waals surface area contributed by atoms with Crippen LogP contribution in [0.3, 0.4) is 0 Å². The molecule has 2 aromatic carbocycles. The van der Waals surface area contributed by atoms with Crippen molar-refractivity contribution in [1.29, 1.82) is 0 Å². The predicted molar refractivity (Wildman–Crippen MR) is 83.3 cm³/mol. The highest BCUT2D eigenvalue weighted by Crippen LogP contribution is 2.25. The predicted octanol–water partition coefficient (Wildman–Crippen LogP) is 4.40. The Labute approximate surface area is 122 Å². The van der Waals surface area contributed by atoms with Gasteiger partial charge in [-0.1, -0.05) is 23.7 Å². The van der Waals surface area contributed by atoms with Gasteiger partial charge in [0.15, 0.2) is 0 Å². The second-order valence-corrected chi connectivity index (χ2v) is 5.75. The highest BCUT2D eigenvalue weighted by Gasteiger charge is 2.01. The molecular formula is C15H16ClNOS. The Morgan fingerprint density at radius 2 is 2.05 bits per heavy atom. The first-order valence-corrected chi connectivity index (χ1v) is 7.39. The minimum atomic E-state index is 0.638. The van der Waals surface area contributed by atoms with Gasteiger partial charge in [0.1, 0.15) is 5.75 Å². The lowest BCUT2D eigenvalue weighted by Crippen LogP contribution is -2.00. The first kappa shape index (κ1) is 14.1. The van der Waals surface area contributed by atoms with E-state index < -0.39 is 0 Å². The Balaban J connectivity index is 1.82. The van der Waals surface area contributed by atoms with Crippen molar-refractivity contribution in [3.8, 4) is 5.75 Å². The van der Waals surface area contributed by atoms with Gasteiger partial charge in [0, 0.05) is 21.4 Å². The van der Waals surface area contributed by atoms with Gasteiger partial charge in [-0.15, -0.1) is 11.8 Å².